The van der Waals surface area contributed by atoms with Crippen molar-refractivity contribution < 1.29 is 0 Å². The fourth-order valence-electron chi connectivity index (χ4n) is 2.50. The van der Waals surface area contributed by atoms with Crippen LogP contribution in [0.2, 0.25) is 0 Å². The molecule has 1 saturated carbocycles. The van der Waals surface area contributed by atoms with E-state index in [1.807, 2.05) is 0 Å². The first kappa shape index (κ1) is 11.0. The van der Waals surface area contributed by atoms with Crippen molar-refractivity contribution in [1.82, 2.24) is 4.37 Å². The molecular formula is C13H17N3S. The average molecular weight is 247 g/mol. The first-order valence-electron chi connectivity index (χ1n) is 6.21. The Bertz CT molecular complexity index is 508. The van der Waals surface area contributed by atoms with E-state index in [4.69, 9.17) is 5.73 Å². The maximum Gasteiger partial charge on any atom is 0.147 e. The molecule has 1 heterocycles. The maximum absolute atomic E-state index is 6.15. The minimum atomic E-state index is 0.268. The molecular weight excluding hydrogens is 230 g/mol. The van der Waals surface area contributed by atoms with Crippen LogP contribution >= 0.6 is 11.5 Å². The Hall–Kier alpha value is -1.13. The van der Waals surface area contributed by atoms with Crippen LogP contribution in [0.4, 0.5) is 5.82 Å². The second kappa shape index (κ2) is 4.63. The molecule has 1 aromatic carbocycles. The fourth-order valence-corrected chi connectivity index (χ4v) is 3.25. The lowest BCUT2D eigenvalue weighted by Gasteiger charge is -2.29. The van der Waals surface area contributed by atoms with Gasteiger partial charge in [-0.25, -0.2) is 0 Å². The van der Waals surface area contributed by atoms with E-state index in [9.17, 15) is 0 Å². The molecule has 0 bridgehead atoms. The molecule has 4 heteroatoms. The molecule has 0 unspecified atom stereocenters. The highest BCUT2D eigenvalue weighted by molar-refractivity contribution is 7.13. The van der Waals surface area contributed by atoms with E-state index in [1.165, 1.54) is 22.9 Å². The quantitative estimate of drug-likeness (QED) is 0.857. The van der Waals surface area contributed by atoms with Gasteiger partial charge in [0, 0.05) is 17.5 Å². The van der Waals surface area contributed by atoms with Crippen LogP contribution in [-0.2, 0) is 0 Å². The molecule has 0 amide bonds. The predicted octanol–water partition coefficient (Wildman–Crippen LogP) is 2.98. The molecule has 3 nitrogen and oxygen atoms in total. The Balaban J connectivity index is 1.84. The molecule has 3 rings (SSSR count). The average Bonchev–Trinajstić information content (AvgIpc) is 2.76. The number of nitrogens with zero attached hydrogens (tertiary/aromatic N) is 1. The number of rotatable bonds is 2. The molecule has 1 aromatic heterocycles. The summed E-state index contributed by atoms with van der Waals surface area (Å²) in [6.45, 7) is 0. The van der Waals surface area contributed by atoms with E-state index < -0.39 is 0 Å². The van der Waals surface area contributed by atoms with Crippen LogP contribution in [-0.4, -0.2) is 16.5 Å². The molecule has 0 radical (unpaired) electrons. The summed E-state index contributed by atoms with van der Waals surface area (Å²) in [5.41, 5.74) is 6.15. The third kappa shape index (κ3) is 2.15. The summed E-state index contributed by atoms with van der Waals surface area (Å²) in [5.74, 6) is 1.01. The number of aromatic nitrogens is 1. The molecule has 0 aliphatic heterocycles. The van der Waals surface area contributed by atoms with Crippen molar-refractivity contribution in [2.24, 2.45) is 5.73 Å². The number of anilines is 1. The SMILES string of the molecule is N[C@@H]1CCCC[C@H]1Nc1nsc2ccccc12. The molecule has 17 heavy (non-hydrogen) atoms. The van der Waals surface area contributed by atoms with Crippen molar-refractivity contribution in [2.75, 3.05) is 5.32 Å². The van der Waals surface area contributed by atoms with Gasteiger partial charge in [-0.3, -0.25) is 0 Å². The van der Waals surface area contributed by atoms with E-state index in [2.05, 4.69) is 34.0 Å². The number of nitrogens with one attached hydrogen (secondary N) is 1. The zero-order valence-corrected chi connectivity index (χ0v) is 10.5. The third-order valence-electron chi connectivity index (χ3n) is 3.52. The van der Waals surface area contributed by atoms with Crippen molar-refractivity contribution in [3.63, 3.8) is 0 Å². The van der Waals surface area contributed by atoms with Gasteiger partial charge in [-0.2, -0.15) is 4.37 Å². The van der Waals surface area contributed by atoms with E-state index in [-0.39, 0.29) is 6.04 Å². The third-order valence-corrected chi connectivity index (χ3v) is 4.35. The number of nitrogens with two attached hydrogens (primary N) is 1. The monoisotopic (exact) mass is 247 g/mol. The molecule has 1 aliphatic rings. The Morgan fingerprint density at radius 1 is 1.24 bits per heavy atom. The van der Waals surface area contributed by atoms with Crippen LogP contribution in [0.15, 0.2) is 24.3 Å². The van der Waals surface area contributed by atoms with Gasteiger partial charge in [-0.05, 0) is 36.5 Å². The largest absolute Gasteiger partial charge is 0.364 e. The highest BCUT2D eigenvalue weighted by Gasteiger charge is 2.22. The maximum atomic E-state index is 6.15. The summed E-state index contributed by atoms with van der Waals surface area (Å²) in [6, 6.07) is 8.99. The molecule has 2 aromatic rings. The highest BCUT2D eigenvalue weighted by Crippen LogP contribution is 2.28. The lowest BCUT2D eigenvalue weighted by atomic mass is 9.91. The molecule has 1 fully saturated rings. The summed E-state index contributed by atoms with van der Waals surface area (Å²) in [7, 11) is 0. The summed E-state index contributed by atoms with van der Waals surface area (Å²) >= 11 is 1.55. The molecule has 0 spiro atoms. The molecule has 3 N–H and O–H groups in total. The van der Waals surface area contributed by atoms with Crippen molar-refractivity contribution in [1.29, 1.82) is 0 Å². The Morgan fingerprint density at radius 2 is 2.06 bits per heavy atom. The van der Waals surface area contributed by atoms with Gasteiger partial charge in [-0.1, -0.05) is 25.0 Å². The smallest absolute Gasteiger partial charge is 0.147 e. The minimum absolute atomic E-state index is 0.268. The lowest BCUT2D eigenvalue weighted by Crippen LogP contribution is -2.42. The fraction of sp³-hybridized carbons (Fsp3) is 0.462. The van der Waals surface area contributed by atoms with Gasteiger partial charge in [0.1, 0.15) is 5.82 Å². The Morgan fingerprint density at radius 3 is 2.94 bits per heavy atom. The van der Waals surface area contributed by atoms with Crippen LogP contribution in [0.1, 0.15) is 25.7 Å². The van der Waals surface area contributed by atoms with Crippen LogP contribution in [0.3, 0.4) is 0 Å². The van der Waals surface area contributed by atoms with Crippen molar-refractivity contribution in [3.05, 3.63) is 24.3 Å². The molecule has 1 aliphatic carbocycles. The van der Waals surface area contributed by atoms with Crippen LogP contribution in [0, 0.1) is 0 Å². The number of hydrogen-bond donors (Lipinski definition) is 2. The lowest BCUT2D eigenvalue weighted by molar-refractivity contribution is 0.404. The first-order valence-corrected chi connectivity index (χ1v) is 6.98. The van der Waals surface area contributed by atoms with Gasteiger partial charge in [0.2, 0.25) is 0 Å². The zero-order chi connectivity index (χ0) is 11.7. The number of benzene rings is 1. The second-order valence-electron chi connectivity index (χ2n) is 4.73. The Labute approximate surface area is 105 Å². The van der Waals surface area contributed by atoms with Crippen LogP contribution in [0.5, 0.6) is 0 Å². The van der Waals surface area contributed by atoms with Crippen LogP contribution < -0.4 is 11.1 Å². The van der Waals surface area contributed by atoms with Gasteiger partial charge in [-0.15, -0.1) is 0 Å². The summed E-state index contributed by atoms with van der Waals surface area (Å²) in [6.07, 6.45) is 4.82. The van der Waals surface area contributed by atoms with Crippen molar-refractivity contribution >= 4 is 27.4 Å². The second-order valence-corrected chi connectivity index (χ2v) is 5.53. The van der Waals surface area contributed by atoms with Gasteiger partial charge >= 0.3 is 0 Å². The predicted molar refractivity (Wildman–Crippen MR) is 73.5 cm³/mol. The van der Waals surface area contributed by atoms with Gasteiger partial charge in [0.15, 0.2) is 0 Å². The van der Waals surface area contributed by atoms with E-state index in [0.717, 1.165) is 18.7 Å². The van der Waals surface area contributed by atoms with Crippen LogP contribution in [0.25, 0.3) is 10.1 Å². The minimum Gasteiger partial charge on any atom is -0.364 e. The molecule has 0 saturated heterocycles. The highest BCUT2D eigenvalue weighted by atomic mass is 32.1. The van der Waals surface area contributed by atoms with Gasteiger partial charge in [0.05, 0.1) is 4.70 Å². The van der Waals surface area contributed by atoms with Crippen molar-refractivity contribution in [3.8, 4) is 0 Å². The summed E-state index contributed by atoms with van der Waals surface area (Å²) in [5, 5.41) is 4.75. The summed E-state index contributed by atoms with van der Waals surface area (Å²) in [4.78, 5) is 0. The van der Waals surface area contributed by atoms with Crippen molar-refractivity contribution in [2.45, 2.75) is 37.8 Å². The summed E-state index contributed by atoms with van der Waals surface area (Å²) < 4.78 is 5.73. The normalized spacial score (nSPS) is 25.0. The Kier molecular flexibility index (Phi) is 2.99. The molecule has 90 valence electrons. The van der Waals surface area contributed by atoms with E-state index >= 15 is 0 Å². The van der Waals surface area contributed by atoms with E-state index in [0.29, 0.717) is 6.04 Å². The zero-order valence-electron chi connectivity index (χ0n) is 9.73. The number of hydrogen-bond acceptors (Lipinski definition) is 4. The van der Waals surface area contributed by atoms with Gasteiger partial charge < -0.3 is 11.1 Å². The van der Waals surface area contributed by atoms with E-state index in [1.54, 1.807) is 11.5 Å². The standard InChI is InChI=1S/C13H17N3S/c14-10-6-2-3-7-11(10)15-13-9-5-1-4-8-12(9)17-16-13/h1,4-5,8,10-11H,2-3,6-7,14H2,(H,15,16)/t10-,11-/m1/s1. The topological polar surface area (TPSA) is 50.9 Å². The number of fused-ring (bicyclic) bond motifs is 1. The van der Waals surface area contributed by atoms with Gasteiger partial charge in [0.25, 0.3) is 0 Å². The molecule has 2 atom stereocenters. The first-order chi connectivity index (χ1) is 8.34.